The first kappa shape index (κ1) is 43.4. The summed E-state index contributed by atoms with van der Waals surface area (Å²) in [5, 5.41) is 57.9. The number of rotatable bonds is 5. The number of likely N-dealkylation sites (N-methyl/N-ethyl adjacent to an activating group) is 1. The van der Waals surface area contributed by atoms with Crippen LogP contribution in [0.1, 0.15) is 88.0 Å². The van der Waals surface area contributed by atoms with Gasteiger partial charge in [0.25, 0.3) is 5.97 Å². The van der Waals surface area contributed by atoms with E-state index in [1.165, 1.54) is 27.9 Å². The van der Waals surface area contributed by atoms with Crippen LogP contribution in [0.25, 0.3) is 0 Å². The van der Waals surface area contributed by atoms with E-state index in [1.807, 2.05) is 25.9 Å². The quantitative estimate of drug-likeness (QED) is 0.250. The van der Waals surface area contributed by atoms with Gasteiger partial charge < -0.3 is 63.6 Å². The molecule has 4 aliphatic heterocycles. The number of Topliss-reactive ketones (excluding diaryl/α,β-unsaturated/α-hetero) is 1. The van der Waals surface area contributed by atoms with Gasteiger partial charge in [-0.05, 0) is 68.0 Å². The molecular formula is C37H65NO14. The zero-order valence-corrected chi connectivity index (χ0v) is 33.0. The number of methoxy groups -OCH3 is 1. The lowest BCUT2D eigenvalue weighted by Gasteiger charge is -2.55. The number of hydrogen-bond donors (Lipinski definition) is 5. The minimum absolute atomic E-state index is 0.0939. The Balaban J connectivity index is 1.86. The van der Waals surface area contributed by atoms with Crippen molar-refractivity contribution < 1.29 is 68.3 Å². The van der Waals surface area contributed by atoms with Crippen LogP contribution >= 0.6 is 0 Å². The third-order valence-corrected chi connectivity index (χ3v) is 12.1. The van der Waals surface area contributed by atoms with Gasteiger partial charge in [0, 0.05) is 30.9 Å². The normalized spacial score (nSPS) is 51.5. The maximum absolute atomic E-state index is 14.2. The van der Waals surface area contributed by atoms with Crippen LogP contribution in [0.4, 0.5) is 0 Å². The minimum Gasteiger partial charge on any atom is -0.459 e. The van der Waals surface area contributed by atoms with Gasteiger partial charge in [-0.3, -0.25) is 9.59 Å². The third-order valence-electron chi connectivity index (χ3n) is 12.1. The summed E-state index contributed by atoms with van der Waals surface area (Å²) < 4.78 is 43.5. The van der Waals surface area contributed by atoms with Crippen molar-refractivity contribution in [1.82, 2.24) is 4.90 Å². The molecule has 0 aromatic carbocycles. The number of ether oxygens (including phenoxy) is 7. The van der Waals surface area contributed by atoms with Crippen molar-refractivity contribution in [2.75, 3.05) is 27.8 Å². The van der Waals surface area contributed by atoms with Gasteiger partial charge in [-0.1, -0.05) is 27.7 Å². The fourth-order valence-corrected chi connectivity index (χ4v) is 8.87. The van der Waals surface area contributed by atoms with Gasteiger partial charge in [-0.2, -0.15) is 0 Å². The molecule has 0 aromatic heterocycles. The van der Waals surface area contributed by atoms with E-state index in [9.17, 15) is 35.1 Å². The Bertz CT molecular complexity index is 1250. The monoisotopic (exact) mass is 747 g/mol. The van der Waals surface area contributed by atoms with E-state index in [2.05, 4.69) is 0 Å². The summed E-state index contributed by atoms with van der Waals surface area (Å²) in [7, 11) is 5.14. The van der Waals surface area contributed by atoms with E-state index in [4.69, 9.17) is 33.2 Å². The Morgan fingerprint density at radius 1 is 0.962 bits per heavy atom. The number of aliphatic hydroxyl groups is 5. The lowest BCUT2D eigenvalue weighted by molar-refractivity contribution is -0.474. The van der Waals surface area contributed by atoms with Gasteiger partial charge in [0.05, 0.1) is 49.1 Å². The molecule has 0 unspecified atom stereocenters. The van der Waals surface area contributed by atoms with E-state index < -0.39 is 107 Å². The number of cyclic esters (lactones) is 1. The van der Waals surface area contributed by atoms with Crippen LogP contribution in [0.2, 0.25) is 0 Å². The smallest absolute Gasteiger partial charge is 0.314 e. The fraction of sp³-hybridized carbons (Fsp3) is 0.946. The van der Waals surface area contributed by atoms with Gasteiger partial charge in [0.15, 0.2) is 6.29 Å². The van der Waals surface area contributed by atoms with E-state index in [1.54, 1.807) is 34.6 Å². The Morgan fingerprint density at radius 2 is 1.60 bits per heavy atom. The zero-order chi connectivity index (χ0) is 39.3. The molecule has 0 radical (unpaired) electrons. The van der Waals surface area contributed by atoms with Crippen LogP contribution in [0, 0.1) is 23.7 Å². The summed E-state index contributed by atoms with van der Waals surface area (Å²) in [4.78, 5) is 30.0. The Labute approximate surface area is 308 Å². The van der Waals surface area contributed by atoms with E-state index in [0.717, 1.165) is 0 Å². The Hall–Kier alpha value is -1.34. The second-order valence-electron chi connectivity index (χ2n) is 16.8. The maximum atomic E-state index is 14.2. The molecule has 0 saturated carbocycles. The third kappa shape index (κ3) is 8.41. The predicted molar refractivity (Wildman–Crippen MR) is 185 cm³/mol. The van der Waals surface area contributed by atoms with Crippen LogP contribution < -0.4 is 0 Å². The molecule has 0 amide bonds. The number of esters is 1. The molecule has 4 fully saturated rings. The molecule has 4 aliphatic rings. The lowest BCUT2D eigenvalue weighted by Crippen LogP contribution is -2.67. The van der Waals surface area contributed by atoms with Gasteiger partial charge >= 0.3 is 5.97 Å². The van der Waals surface area contributed by atoms with E-state index in [-0.39, 0.29) is 38.0 Å². The van der Waals surface area contributed by atoms with Crippen molar-refractivity contribution in [3.63, 3.8) is 0 Å². The highest BCUT2D eigenvalue weighted by Crippen LogP contribution is 2.47. The number of carbonyl (C=O) groups is 2. The number of hydrogen-bond acceptors (Lipinski definition) is 15. The van der Waals surface area contributed by atoms with Gasteiger partial charge in [0.1, 0.15) is 41.2 Å². The van der Waals surface area contributed by atoms with Crippen molar-refractivity contribution in [1.29, 1.82) is 0 Å². The molecule has 18 atom stereocenters. The van der Waals surface area contributed by atoms with Gasteiger partial charge in [0.2, 0.25) is 0 Å². The number of carbonyl (C=O) groups excluding carboxylic acids is 2. The molecule has 4 rings (SSSR count). The highest BCUT2D eigenvalue weighted by atomic mass is 16.9. The highest BCUT2D eigenvalue weighted by Gasteiger charge is 2.61. The molecular weight excluding hydrogens is 682 g/mol. The molecule has 4 saturated heterocycles. The molecule has 52 heavy (non-hydrogen) atoms. The first-order valence-corrected chi connectivity index (χ1v) is 18.7. The van der Waals surface area contributed by atoms with Crippen LogP contribution in [0.15, 0.2) is 0 Å². The average Bonchev–Trinajstić information content (AvgIpc) is 3.07. The molecule has 302 valence electrons. The standard InChI is InChI=1S/C37H65NO14/c1-13-25-36(9,45)29(41)20(4)26(39)18(2)15-34(7,44)31(50-33-27(40)24(38(10)11)14-19(3)48-33)21(5)28-23(32(43)49-25)16-47-37(52-28)17-35(8,46-12)30(42)22(6)51-37/h18-25,27-31,33,40-42,44-45H,13-17H2,1-12H3/t18-,19-,20+,21+,22+,23-,24+,25-,27-,28+,29-,30+,31-,33-,34-,35-,36-,37+/m1/s1. The first-order chi connectivity index (χ1) is 23.9. The summed E-state index contributed by atoms with van der Waals surface area (Å²) in [6.07, 6.45) is -9.39. The SMILES string of the molecule is CC[C@H]1OC(=O)[C@@H]2CO[C@]3(C[C@@](C)(OC)[C@@H](O)[C@H](C)O3)O[C@H]2[C@H](C)[C@@H](O[C@H]2O[C@H](C)C[C@H](N(C)C)[C@H]2O)[C@](C)(O)C[C@@H](C)C(=O)[C@H](C)[C@@H](O)[C@]1(C)O. The summed E-state index contributed by atoms with van der Waals surface area (Å²) in [6.45, 7) is 14.3. The highest BCUT2D eigenvalue weighted by molar-refractivity contribution is 5.83. The molecule has 0 aliphatic carbocycles. The van der Waals surface area contributed by atoms with Crippen molar-refractivity contribution in [2.45, 2.75) is 172 Å². The van der Waals surface area contributed by atoms with Gasteiger partial charge in [-0.15, -0.1) is 0 Å². The summed E-state index contributed by atoms with van der Waals surface area (Å²) >= 11 is 0. The molecule has 15 heteroatoms. The average molecular weight is 748 g/mol. The number of ketones is 1. The summed E-state index contributed by atoms with van der Waals surface area (Å²) in [5.74, 6) is -7.05. The van der Waals surface area contributed by atoms with E-state index >= 15 is 0 Å². The fourth-order valence-electron chi connectivity index (χ4n) is 8.87. The van der Waals surface area contributed by atoms with Crippen molar-refractivity contribution in [3.05, 3.63) is 0 Å². The minimum atomic E-state index is -2.03. The molecule has 1 spiro atoms. The second-order valence-corrected chi connectivity index (χ2v) is 16.8. The van der Waals surface area contributed by atoms with E-state index in [0.29, 0.717) is 6.42 Å². The van der Waals surface area contributed by atoms with Crippen molar-refractivity contribution >= 4 is 11.8 Å². The van der Waals surface area contributed by atoms with Gasteiger partial charge in [-0.25, -0.2) is 0 Å². The van der Waals surface area contributed by atoms with Crippen molar-refractivity contribution in [3.8, 4) is 0 Å². The Morgan fingerprint density at radius 3 is 2.17 bits per heavy atom. The summed E-state index contributed by atoms with van der Waals surface area (Å²) in [6, 6.07) is -0.338. The molecule has 5 N–H and O–H groups in total. The molecule has 0 aromatic rings. The second kappa shape index (κ2) is 16.0. The largest absolute Gasteiger partial charge is 0.459 e. The topological polar surface area (TPSA) is 203 Å². The van der Waals surface area contributed by atoms with Crippen LogP contribution in [-0.2, 0) is 42.7 Å². The molecule has 4 heterocycles. The van der Waals surface area contributed by atoms with Crippen LogP contribution in [0.5, 0.6) is 0 Å². The summed E-state index contributed by atoms with van der Waals surface area (Å²) in [5.41, 5.74) is -5.03. The maximum Gasteiger partial charge on any atom is 0.314 e. The van der Waals surface area contributed by atoms with Crippen LogP contribution in [0.3, 0.4) is 0 Å². The zero-order valence-electron chi connectivity index (χ0n) is 33.0. The predicted octanol–water partition coefficient (Wildman–Crippen LogP) is 1.12. The van der Waals surface area contributed by atoms with Crippen LogP contribution in [-0.4, -0.2) is 154 Å². The number of nitrogens with zero attached hydrogens (tertiary/aromatic N) is 1. The molecule has 15 nitrogen and oxygen atoms in total. The number of aliphatic hydroxyl groups excluding tert-OH is 3. The Kier molecular flexibility index (Phi) is 13.4. The first-order valence-electron chi connectivity index (χ1n) is 18.7. The van der Waals surface area contributed by atoms with Crippen molar-refractivity contribution in [2.24, 2.45) is 23.7 Å². The lowest BCUT2D eigenvalue weighted by atomic mass is 9.73. The molecule has 0 bridgehead atoms. The number of fused-ring (bicyclic) bond motifs is 1.